The summed E-state index contributed by atoms with van der Waals surface area (Å²) >= 11 is 0. The van der Waals surface area contributed by atoms with E-state index in [1.165, 1.54) is 17.0 Å². The second kappa shape index (κ2) is 4.48. The molecule has 1 saturated heterocycles. The molecule has 0 radical (unpaired) electrons. The molecule has 0 aromatic heterocycles. The number of nitrogens with two attached hydrogens (primary N) is 1. The van der Waals surface area contributed by atoms with Gasteiger partial charge in [-0.2, -0.15) is 13.2 Å². The molecule has 3 atom stereocenters. The Balaban J connectivity index is 1.76. The number of fused-ring (bicyclic) bond motifs is 1. The summed E-state index contributed by atoms with van der Waals surface area (Å²) in [6, 6.07) is 5.41. The van der Waals surface area contributed by atoms with Crippen molar-refractivity contribution in [3.63, 3.8) is 0 Å². The zero-order chi connectivity index (χ0) is 14.5. The number of halogens is 3. The molecule has 1 aromatic rings. The number of amides is 1. The van der Waals surface area contributed by atoms with E-state index in [1.807, 2.05) is 0 Å². The Morgan fingerprint density at radius 1 is 1.30 bits per heavy atom. The first-order valence-electron chi connectivity index (χ1n) is 6.57. The van der Waals surface area contributed by atoms with Crippen LogP contribution in [0.3, 0.4) is 0 Å². The van der Waals surface area contributed by atoms with Crippen LogP contribution in [0.1, 0.15) is 11.1 Å². The lowest BCUT2D eigenvalue weighted by molar-refractivity contribution is -0.139. The van der Waals surface area contributed by atoms with E-state index in [0.717, 1.165) is 6.07 Å². The molecule has 3 unspecified atom stereocenters. The molecule has 20 heavy (non-hydrogen) atoms. The Kier molecular flexibility index (Phi) is 3.01. The van der Waals surface area contributed by atoms with Crippen molar-refractivity contribution >= 4 is 5.91 Å². The normalized spacial score (nSPS) is 28.7. The molecule has 3 nitrogen and oxygen atoms in total. The number of hydrogen-bond donors (Lipinski definition) is 1. The quantitative estimate of drug-likeness (QED) is 0.921. The van der Waals surface area contributed by atoms with Crippen LogP contribution in [0.25, 0.3) is 0 Å². The third-order valence-electron chi connectivity index (χ3n) is 4.32. The van der Waals surface area contributed by atoms with Gasteiger partial charge in [-0.1, -0.05) is 18.2 Å². The molecule has 1 aliphatic carbocycles. The molecule has 1 saturated carbocycles. The average molecular weight is 284 g/mol. The standard InChI is InChI=1S/C14H15F3N2O/c15-14(16,17)11-4-2-1-3-8(11)6-19-7-10-9(5-18)12(10)13(19)20/h1-4,9-10,12H,5-7,18H2. The van der Waals surface area contributed by atoms with Crippen LogP contribution < -0.4 is 5.73 Å². The van der Waals surface area contributed by atoms with Crippen molar-refractivity contribution in [3.05, 3.63) is 35.4 Å². The number of likely N-dealkylation sites (tertiary alicyclic amines) is 1. The highest BCUT2D eigenvalue weighted by atomic mass is 19.4. The lowest BCUT2D eigenvalue weighted by atomic mass is 10.1. The number of nitrogens with zero attached hydrogens (tertiary/aromatic N) is 1. The number of carbonyl (C=O) groups excluding carboxylic acids is 1. The van der Waals surface area contributed by atoms with Gasteiger partial charge in [-0.3, -0.25) is 4.79 Å². The first-order valence-corrected chi connectivity index (χ1v) is 6.57. The van der Waals surface area contributed by atoms with Gasteiger partial charge < -0.3 is 10.6 Å². The van der Waals surface area contributed by atoms with E-state index in [0.29, 0.717) is 13.1 Å². The Labute approximate surface area is 114 Å². The van der Waals surface area contributed by atoms with Crippen LogP contribution in [-0.4, -0.2) is 23.9 Å². The van der Waals surface area contributed by atoms with Gasteiger partial charge in [0.2, 0.25) is 5.91 Å². The number of rotatable bonds is 3. The monoisotopic (exact) mass is 284 g/mol. The van der Waals surface area contributed by atoms with Crippen LogP contribution in [0, 0.1) is 17.8 Å². The minimum atomic E-state index is -4.39. The number of benzene rings is 1. The summed E-state index contributed by atoms with van der Waals surface area (Å²) in [4.78, 5) is 13.6. The summed E-state index contributed by atoms with van der Waals surface area (Å²) in [5.74, 6) is 0.364. The van der Waals surface area contributed by atoms with Crippen molar-refractivity contribution in [2.75, 3.05) is 13.1 Å². The fourth-order valence-electron chi connectivity index (χ4n) is 3.22. The molecule has 0 bridgehead atoms. The Hall–Kier alpha value is -1.56. The van der Waals surface area contributed by atoms with Crippen molar-refractivity contribution in [1.29, 1.82) is 0 Å². The SMILES string of the molecule is NCC1C2CN(Cc3ccccc3C(F)(F)F)C(=O)C12. The number of alkyl halides is 3. The molecule has 3 rings (SSSR count). The predicted octanol–water partition coefficient (Wildman–Crippen LogP) is 1.87. The van der Waals surface area contributed by atoms with Gasteiger partial charge >= 0.3 is 6.18 Å². The van der Waals surface area contributed by atoms with E-state index in [2.05, 4.69) is 0 Å². The molecule has 2 N–H and O–H groups in total. The zero-order valence-electron chi connectivity index (χ0n) is 10.7. The average Bonchev–Trinajstić information content (AvgIpc) is 3.00. The van der Waals surface area contributed by atoms with Gasteiger partial charge in [0.25, 0.3) is 0 Å². The molecular formula is C14H15F3N2O. The fourth-order valence-corrected chi connectivity index (χ4v) is 3.22. The molecule has 2 aliphatic rings. The van der Waals surface area contributed by atoms with Gasteiger partial charge in [-0.25, -0.2) is 0 Å². The summed E-state index contributed by atoms with van der Waals surface area (Å²) in [5.41, 5.74) is 5.03. The lowest BCUT2D eigenvalue weighted by Gasteiger charge is -2.22. The minimum Gasteiger partial charge on any atom is -0.338 e. The number of piperidine rings is 1. The van der Waals surface area contributed by atoms with Gasteiger partial charge in [0.15, 0.2) is 0 Å². The highest BCUT2D eigenvalue weighted by Crippen LogP contribution is 2.52. The third kappa shape index (κ3) is 2.08. The van der Waals surface area contributed by atoms with Crippen molar-refractivity contribution in [1.82, 2.24) is 4.90 Å². The molecule has 1 aromatic carbocycles. The van der Waals surface area contributed by atoms with Crippen LogP contribution in [-0.2, 0) is 17.5 Å². The predicted molar refractivity (Wildman–Crippen MR) is 66.4 cm³/mol. The van der Waals surface area contributed by atoms with Gasteiger partial charge in [0, 0.05) is 19.0 Å². The largest absolute Gasteiger partial charge is 0.416 e. The highest BCUT2D eigenvalue weighted by Gasteiger charge is 2.60. The van der Waals surface area contributed by atoms with E-state index in [-0.39, 0.29) is 35.8 Å². The maximum absolute atomic E-state index is 12.9. The molecule has 1 heterocycles. The second-order valence-corrected chi connectivity index (χ2v) is 5.46. The van der Waals surface area contributed by atoms with E-state index in [1.54, 1.807) is 6.07 Å². The van der Waals surface area contributed by atoms with Crippen molar-refractivity contribution in [2.24, 2.45) is 23.5 Å². The van der Waals surface area contributed by atoms with Crippen LogP contribution in [0.2, 0.25) is 0 Å². The molecular weight excluding hydrogens is 269 g/mol. The first kappa shape index (κ1) is 13.4. The van der Waals surface area contributed by atoms with Crippen LogP contribution in [0.5, 0.6) is 0 Å². The van der Waals surface area contributed by atoms with Crippen molar-refractivity contribution in [3.8, 4) is 0 Å². The number of hydrogen-bond acceptors (Lipinski definition) is 2. The Morgan fingerprint density at radius 2 is 2.00 bits per heavy atom. The van der Waals surface area contributed by atoms with E-state index < -0.39 is 11.7 Å². The summed E-state index contributed by atoms with van der Waals surface area (Å²) in [7, 11) is 0. The zero-order valence-corrected chi connectivity index (χ0v) is 10.7. The van der Waals surface area contributed by atoms with E-state index in [9.17, 15) is 18.0 Å². The van der Waals surface area contributed by atoms with E-state index in [4.69, 9.17) is 5.73 Å². The highest BCUT2D eigenvalue weighted by molar-refractivity contribution is 5.85. The summed E-state index contributed by atoms with van der Waals surface area (Å²) in [5, 5.41) is 0. The number of carbonyl (C=O) groups is 1. The van der Waals surface area contributed by atoms with Gasteiger partial charge in [-0.05, 0) is 30.0 Å². The smallest absolute Gasteiger partial charge is 0.338 e. The second-order valence-electron chi connectivity index (χ2n) is 5.46. The molecule has 1 aliphatic heterocycles. The minimum absolute atomic E-state index is 0.0266. The van der Waals surface area contributed by atoms with Gasteiger partial charge in [-0.15, -0.1) is 0 Å². The lowest BCUT2D eigenvalue weighted by Crippen LogP contribution is -2.31. The Morgan fingerprint density at radius 3 is 2.55 bits per heavy atom. The van der Waals surface area contributed by atoms with Crippen molar-refractivity contribution in [2.45, 2.75) is 12.7 Å². The molecule has 2 fully saturated rings. The van der Waals surface area contributed by atoms with Crippen LogP contribution in [0.4, 0.5) is 13.2 Å². The molecule has 6 heteroatoms. The van der Waals surface area contributed by atoms with Gasteiger partial charge in [0.1, 0.15) is 0 Å². The molecule has 0 spiro atoms. The Bertz CT molecular complexity index is 543. The summed E-state index contributed by atoms with van der Waals surface area (Å²) in [6.45, 7) is 1.03. The molecule has 1 amide bonds. The summed E-state index contributed by atoms with van der Waals surface area (Å²) < 4.78 is 38.7. The van der Waals surface area contributed by atoms with E-state index >= 15 is 0 Å². The summed E-state index contributed by atoms with van der Waals surface area (Å²) in [6.07, 6.45) is -4.39. The van der Waals surface area contributed by atoms with Crippen LogP contribution in [0.15, 0.2) is 24.3 Å². The topological polar surface area (TPSA) is 46.3 Å². The first-order chi connectivity index (χ1) is 9.43. The maximum atomic E-state index is 12.9. The third-order valence-corrected chi connectivity index (χ3v) is 4.32. The fraction of sp³-hybridized carbons (Fsp3) is 0.500. The van der Waals surface area contributed by atoms with Crippen LogP contribution >= 0.6 is 0 Å². The van der Waals surface area contributed by atoms with Gasteiger partial charge in [0.05, 0.1) is 5.56 Å². The maximum Gasteiger partial charge on any atom is 0.416 e. The molecule has 108 valence electrons. The van der Waals surface area contributed by atoms with Crippen molar-refractivity contribution < 1.29 is 18.0 Å².